The molecule has 0 fully saturated rings. The van der Waals surface area contributed by atoms with Crippen molar-refractivity contribution in [2.24, 2.45) is 0 Å². The van der Waals surface area contributed by atoms with E-state index in [9.17, 15) is 13.2 Å². The summed E-state index contributed by atoms with van der Waals surface area (Å²) in [5, 5.41) is 2.58. The van der Waals surface area contributed by atoms with Gasteiger partial charge in [0.2, 0.25) is 10.0 Å². The predicted octanol–water partition coefficient (Wildman–Crippen LogP) is 2.21. The maximum atomic E-state index is 12.9. The molecule has 3 rings (SSSR count). The van der Waals surface area contributed by atoms with Crippen molar-refractivity contribution in [1.82, 2.24) is 9.62 Å². The average molecular weight is 395 g/mol. The number of ether oxygens (including phenoxy) is 1. The van der Waals surface area contributed by atoms with Crippen molar-refractivity contribution in [3.05, 3.63) is 58.6 Å². The molecule has 0 unspecified atom stereocenters. The molecule has 1 amide bonds. The van der Waals surface area contributed by atoms with Crippen LogP contribution in [0.2, 0.25) is 5.02 Å². The number of carbonyl (C=O) groups excluding carboxylic acids is 1. The summed E-state index contributed by atoms with van der Waals surface area (Å²) in [5.74, 6) is -0.0389. The Balaban J connectivity index is 1.80. The second-order valence-corrected chi connectivity index (χ2v) is 8.26. The zero-order valence-electron chi connectivity index (χ0n) is 14.2. The SMILES string of the molecule is CNC(=O)COc1ccc(S(=O)(=O)N2CCc3ccccc3C2)cc1Cl. The fourth-order valence-corrected chi connectivity index (χ4v) is 4.54. The number of rotatable bonds is 5. The summed E-state index contributed by atoms with van der Waals surface area (Å²) >= 11 is 6.14. The summed E-state index contributed by atoms with van der Waals surface area (Å²) in [6.07, 6.45) is 0.677. The van der Waals surface area contributed by atoms with Crippen LogP contribution in [0.15, 0.2) is 47.4 Å². The Bertz CT molecular complexity index is 931. The number of likely N-dealkylation sites (N-methyl/N-ethyl adjacent to an activating group) is 1. The van der Waals surface area contributed by atoms with Gasteiger partial charge in [0.15, 0.2) is 6.61 Å². The van der Waals surface area contributed by atoms with Crippen molar-refractivity contribution in [1.29, 1.82) is 0 Å². The Kier molecular flexibility index (Phi) is 5.50. The summed E-state index contributed by atoms with van der Waals surface area (Å²) in [4.78, 5) is 11.4. The molecule has 2 aromatic carbocycles. The van der Waals surface area contributed by atoms with Crippen LogP contribution < -0.4 is 10.1 Å². The van der Waals surface area contributed by atoms with Crippen LogP contribution in [0.25, 0.3) is 0 Å². The lowest BCUT2D eigenvalue weighted by molar-refractivity contribution is -0.122. The van der Waals surface area contributed by atoms with Gasteiger partial charge in [-0.2, -0.15) is 4.31 Å². The summed E-state index contributed by atoms with van der Waals surface area (Å²) < 4.78 is 32.6. The van der Waals surface area contributed by atoms with Crippen LogP contribution >= 0.6 is 11.6 Å². The van der Waals surface area contributed by atoms with Gasteiger partial charge >= 0.3 is 0 Å². The Hall–Kier alpha value is -2.09. The van der Waals surface area contributed by atoms with Gasteiger partial charge < -0.3 is 10.1 Å². The highest BCUT2D eigenvalue weighted by atomic mass is 35.5. The van der Waals surface area contributed by atoms with Crippen molar-refractivity contribution >= 4 is 27.5 Å². The molecule has 0 saturated heterocycles. The van der Waals surface area contributed by atoms with E-state index < -0.39 is 10.0 Å². The third kappa shape index (κ3) is 3.85. The molecule has 0 saturated carbocycles. The van der Waals surface area contributed by atoms with E-state index in [1.807, 2.05) is 24.3 Å². The van der Waals surface area contributed by atoms with E-state index in [-0.39, 0.29) is 28.2 Å². The number of benzene rings is 2. The molecule has 0 atom stereocenters. The molecule has 6 nitrogen and oxygen atoms in total. The van der Waals surface area contributed by atoms with Gasteiger partial charge in [0, 0.05) is 20.1 Å². The zero-order chi connectivity index (χ0) is 18.7. The van der Waals surface area contributed by atoms with E-state index in [0.29, 0.717) is 19.5 Å². The van der Waals surface area contributed by atoms with E-state index in [1.165, 1.54) is 35.1 Å². The van der Waals surface area contributed by atoms with Crippen LogP contribution in [0.1, 0.15) is 11.1 Å². The van der Waals surface area contributed by atoms with Crippen LogP contribution in [0.5, 0.6) is 5.75 Å². The maximum Gasteiger partial charge on any atom is 0.257 e. The Morgan fingerprint density at radius 3 is 2.65 bits per heavy atom. The van der Waals surface area contributed by atoms with Crippen LogP contribution in [0, 0.1) is 0 Å². The minimum atomic E-state index is -3.67. The number of fused-ring (bicyclic) bond motifs is 1. The lowest BCUT2D eigenvalue weighted by Gasteiger charge is -2.28. The van der Waals surface area contributed by atoms with E-state index >= 15 is 0 Å². The number of nitrogens with zero attached hydrogens (tertiary/aromatic N) is 1. The number of amides is 1. The fraction of sp³-hybridized carbons (Fsp3) is 0.278. The molecule has 0 spiro atoms. The molecule has 0 aliphatic carbocycles. The molecule has 1 heterocycles. The molecular formula is C18H19ClN2O4S. The Morgan fingerprint density at radius 2 is 1.96 bits per heavy atom. The molecule has 1 N–H and O–H groups in total. The van der Waals surface area contributed by atoms with Gasteiger partial charge in [-0.25, -0.2) is 8.42 Å². The number of hydrogen-bond acceptors (Lipinski definition) is 4. The predicted molar refractivity (Wildman–Crippen MR) is 98.8 cm³/mol. The van der Waals surface area contributed by atoms with Crippen molar-refractivity contribution in [3.63, 3.8) is 0 Å². The van der Waals surface area contributed by atoms with Gasteiger partial charge in [-0.1, -0.05) is 35.9 Å². The van der Waals surface area contributed by atoms with E-state index in [1.54, 1.807) is 0 Å². The second-order valence-electron chi connectivity index (χ2n) is 5.91. The molecule has 26 heavy (non-hydrogen) atoms. The topological polar surface area (TPSA) is 75.7 Å². The van der Waals surface area contributed by atoms with Gasteiger partial charge in [0.25, 0.3) is 5.91 Å². The van der Waals surface area contributed by atoms with Crippen LogP contribution in [-0.4, -0.2) is 38.8 Å². The highest BCUT2D eigenvalue weighted by Crippen LogP contribution is 2.30. The van der Waals surface area contributed by atoms with Gasteiger partial charge in [0.1, 0.15) is 5.75 Å². The first-order valence-corrected chi connectivity index (χ1v) is 9.93. The molecule has 138 valence electrons. The number of carbonyl (C=O) groups is 1. The number of nitrogens with one attached hydrogen (secondary N) is 1. The highest BCUT2D eigenvalue weighted by Gasteiger charge is 2.28. The lowest BCUT2D eigenvalue weighted by atomic mass is 10.0. The molecule has 8 heteroatoms. The average Bonchev–Trinajstić information content (AvgIpc) is 2.66. The molecule has 0 radical (unpaired) electrons. The zero-order valence-corrected chi connectivity index (χ0v) is 15.8. The first-order valence-electron chi connectivity index (χ1n) is 8.11. The van der Waals surface area contributed by atoms with E-state index in [2.05, 4.69) is 5.32 Å². The molecular weight excluding hydrogens is 376 g/mol. The summed E-state index contributed by atoms with van der Waals surface area (Å²) in [5.41, 5.74) is 2.19. The number of halogens is 1. The minimum Gasteiger partial charge on any atom is -0.482 e. The van der Waals surface area contributed by atoms with E-state index in [0.717, 1.165) is 5.56 Å². The third-order valence-electron chi connectivity index (χ3n) is 4.27. The van der Waals surface area contributed by atoms with Gasteiger partial charge in [-0.05, 0) is 35.7 Å². The smallest absolute Gasteiger partial charge is 0.257 e. The highest BCUT2D eigenvalue weighted by molar-refractivity contribution is 7.89. The molecule has 1 aliphatic rings. The quantitative estimate of drug-likeness (QED) is 0.843. The van der Waals surface area contributed by atoms with Crippen LogP contribution in [-0.2, 0) is 27.8 Å². The van der Waals surface area contributed by atoms with Crippen molar-refractivity contribution < 1.29 is 17.9 Å². The summed E-state index contributed by atoms with van der Waals surface area (Å²) in [6.45, 7) is 0.572. The third-order valence-corrected chi connectivity index (χ3v) is 6.41. The molecule has 1 aliphatic heterocycles. The van der Waals surface area contributed by atoms with Gasteiger partial charge in [-0.15, -0.1) is 0 Å². The van der Waals surface area contributed by atoms with Gasteiger partial charge in [0.05, 0.1) is 9.92 Å². The first-order chi connectivity index (χ1) is 12.4. The second kappa shape index (κ2) is 7.65. The van der Waals surface area contributed by atoms with Crippen molar-refractivity contribution in [2.75, 3.05) is 20.2 Å². The number of sulfonamides is 1. The molecule has 0 bridgehead atoms. The summed E-state index contributed by atoms with van der Waals surface area (Å²) in [6, 6.07) is 12.1. The fourth-order valence-electron chi connectivity index (χ4n) is 2.80. The summed E-state index contributed by atoms with van der Waals surface area (Å²) in [7, 11) is -2.17. The van der Waals surface area contributed by atoms with Crippen LogP contribution in [0.4, 0.5) is 0 Å². The Labute approximate surface area is 157 Å². The van der Waals surface area contributed by atoms with Crippen molar-refractivity contribution in [2.45, 2.75) is 17.9 Å². The lowest BCUT2D eigenvalue weighted by Crippen LogP contribution is -2.35. The standard InChI is InChI=1S/C18H19ClN2O4S/c1-20-18(22)12-25-17-7-6-15(10-16(17)19)26(23,24)21-9-8-13-4-2-3-5-14(13)11-21/h2-7,10H,8-9,11-12H2,1H3,(H,20,22). The maximum absolute atomic E-state index is 12.9. The first kappa shape index (κ1) is 18.7. The monoisotopic (exact) mass is 394 g/mol. The Morgan fingerprint density at radius 1 is 1.23 bits per heavy atom. The van der Waals surface area contributed by atoms with Crippen LogP contribution in [0.3, 0.4) is 0 Å². The van der Waals surface area contributed by atoms with Gasteiger partial charge in [-0.3, -0.25) is 4.79 Å². The largest absolute Gasteiger partial charge is 0.482 e. The molecule has 0 aromatic heterocycles. The minimum absolute atomic E-state index is 0.106. The van der Waals surface area contributed by atoms with E-state index in [4.69, 9.17) is 16.3 Å². The molecule has 2 aromatic rings. The number of hydrogen-bond donors (Lipinski definition) is 1. The normalized spacial score (nSPS) is 14.5. The van der Waals surface area contributed by atoms with Crippen molar-refractivity contribution in [3.8, 4) is 5.75 Å².